The van der Waals surface area contributed by atoms with Crippen LogP contribution in [0.3, 0.4) is 0 Å². The lowest BCUT2D eigenvalue weighted by atomic mass is 9.98. The highest BCUT2D eigenvalue weighted by molar-refractivity contribution is 5.98. The largest absolute Gasteiger partial charge is 0.505 e. The number of benzene rings is 2. The van der Waals surface area contributed by atoms with Gasteiger partial charge in [0.05, 0.1) is 11.3 Å². The van der Waals surface area contributed by atoms with Gasteiger partial charge in [0, 0.05) is 6.54 Å². The fraction of sp³-hybridized carbons (Fsp3) is 0.235. The molecule has 0 saturated heterocycles. The lowest BCUT2D eigenvalue weighted by Gasteiger charge is -2.13. The van der Waals surface area contributed by atoms with Crippen LogP contribution >= 0.6 is 0 Å². The van der Waals surface area contributed by atoms with Crippen LogP contribution in [0.15, 0.2) is 48.5 Å². The number of nitrogens with two attached hydrogens (primary N) is 1. The SMILES string of the molecule is CC(CCNC(=O)c1cccc(N)c1O)c1ccccc1. The van der Waals surface area contributed by atoms with Crippen molar-refractivity contribution in [3.63, 3.8) is 0 Å². The van der Waals surface area contributed by atoms with Gasteiger partial charge in [-0.1, -0.05) is 43.3 Å². The summed E-state index contributed by atoms with van der Waals surface area (Å²) in [6, 6.07) is 14.9. The number of nitrogens with one attached hydrogen (secondary N) is 1. The van der Waals surface area contributed by atoms with Gasteiger partial charge in [-0.3, -0.25) is 4.79 Å². The zero-order chi connectivity index (χ0) is 15.2. The van der Waals surface area contributed by atoms with Crippen LogP contribution < -0.4 is 11.1 Å². The van der Waals surface area contributed by atoms with E-state index in [0.29, 0.717) is 12.5 Å². The highest BCUT2D eigenvalue weighted by Gasteiger charge is 2.13. The van der Waals surface area contributed by atoms with Gasteiger partial charge in [-0.15, -0.1) is 0 Å². The molecule has 110 valence electrons. The van der Waals surface area contributed by atoms with Gasteiger partial charge in [0.2, 0.25) is 0 Å². The van der Waals surface area contributed by atoms with Crippen LogP contribution in [-0.2, 0) is 0 Å². The summed E-state index contributed by atoms with van der Waals surface area (Å²) < 4.78 is 0. The molecule has 4 nitrogen and oxygen atoms in total. The number of anilines is 1. The molecule has 0 aliphatic carbocycles. The highest BCUT2D eigenvalue weighted by atomic mass is 16.3. The summed E-state index contributed by atoms with van der Waals surface area (Å²) in [6.45, 7) is 2.67. The second-order valence-corrected chi connectivity index (χ2v) is 5.10. The number of carbonyl (C=O) groups excluding carboxylic acids is 1. The van der Waals surface area contributed by atoms with Crippen molar-refractivity contribution in [3.05, 3.63) is 59.7 Å². The minimum Gasteiger partial charge on any atom is -0.505 e. The van der Waals surface area contributed by atoms with Crippen LogP contribution in [0, 0.1) is 0 Å². The van der Waals surface area contributed by atoms with Crippen molar-refractivity contribution in [2.24, 2.45) is 0 Å². The first kappa shape index (κ1) is 14.9. The van der Waals surface area contributed by atoms with Crippen molar-refractivity contribution < 1.29 is 9.90 Å². The number of rotatable bonds is 5. The first-order valence-electron chi connectivity index (χ1n) is 7.00. The Morgan fingerprint density at radius 3 is 2.62 bits per heavy atom. The summed E-state index contributed by atoms with van der Waals surface area (Å²) in [7, 11) is 0. The first-order valence-corrected chi connectivity index (χ1v) is 7.00. The third-order valence-corrected chi connectivity index (χ3v) is 3.54. The lowest BCUT2D eigenvalue weighted by molar-refractivity contribution is 0.0950. The zero-order valence-electron chi connectivity index (χ0n) is 12.0. The molecule has 0 aliphatic rings. The number of hydrogen-bond donors (Lipinski definition) is 3. The van der Waals surface area contributed by atoms with E-state index in [4.69, 9.17) is 5.73 Å². The van der Waals surface area contributed by atoms with Crippen LogP contribution in [0.2, 0.25) is 0 Å². The molecule has 2 aromatic carbocycles. The number of aromatic hydroxyl groups is 1. The molecule has 2 aromatic rings. The van der Waals surface area contributed by atoms with Crippen molar-refractivity contribution in [3.8, 4) is 5.75 Å². The second-order valence-electron chi connectivity index (χ2n) is 5.10. The Labute approximate surface area is 124 Å². The average Bonchev–Trinajstić information content (AvgIpc) is 2.50. The maximum absolute atomic E-state index is 12.0. The fourth-order valence-corrected chi connectivity index (χ4v) is 2.19. The van der Waals surface area contributed by atoms with E-state index >= 15 is 0 Å². The van der Waals surface area contributed by atoms with Crippen molar-refractivity contribution >= 4 is 11.6 Å². The molecule has 4 heteroatoms. The highest BCUT2D eigenvalue weighted by Crippen LogP contribution is 2.24. The maximum Gasteiger partial charge on any atom is 0.255 e. The summed E-state index contributed by atoms with van der Waals surface area (Å²) in [6.07, 6.45) is 0.832. The van der Waals surface area contributed by atoms with Gasteiger partial charge in [-0.05, 0) is 30.0 Å². The zero-order valence-corrected chi connectivity index (χ0v) is 12.0. The molecule has 0 spiro atoms. The van der Waals surface area contributed by atoms with Gasteiger partial charge in [-0.2, -0.15) is 0 Å². The van der Waals surface area contributed by atoms with Gasteiger partial charge in [0.25, 0.3) is 5.91 Å². The number of amides is 1. The lowest BCUT2D eigenvalue weighted by Crippen LogP contribution is -2.25. The van der Waals surface area contributed by atoms with Crippen molar-refractivity contribution in [1.29, 1.82) is 0 Å². The van der Waals surface area contributed by atoms with Crippen LogP contribution in [-0.4, -0.2) is 17.6 Å². The Kier molecular flexibility index (Phi) is 4.82. The molecule has 0 aromatic heterocycles. The second kappa shape index (κ2) is 6.79. The molecule has 0 heterocycles. The van der Waals surface area contributed by atoms with Crippen LogP contribution in [0.25, 0.3) is 0 Å². The first-order chi connectivity index (χ1) is 10.1. The smallest absolute Gasteiger partial charge is 0.255 e. The Hall–Kier alpha value is -2.49. The minimum absolute atomic E-state index is 0.161. The Bertz CT molecular complexity index is 611. The number of carbonyl (C=O) groups is 1. The van der Waals surface area contributed by atoms with E-state index < -0.39 is 0 Å². The van der Waals surface area contributed by atoms with E-state index in [2.05, 4.69) is 24.4 Å². The maximum atomic E-state index is 12.0. The summed E-state index contributed by atoms with van der Waals surface area (Å²) >= 11 is 0. The van der Waals surface area contributed by atoms with Crippen molar-refractivity contribution in [2.45, 2.75) is 19.3 Å². The monoisotopic (exact) mass is 284 g/mol. The summed E-state index contributed by atoms with van der Waals surface area (Å²) in [5.41, 5.74) is 7.25. The van der Waals surface area contributed by atoms with E-state index in [1.54, 1.807) is 18.2 Å². The Morgan fingerprint density at radius 1 is 1.19 bits per heavy atom. The quantitative estimate of drug-likeness (QED) is 0.583. The molecule has 1 amide bonds. The third-order valence-electron chi connectivity index (χ3n) is 3.54. The van der Waals surface area contributed by atoms with Gasteiger partial charge in [0.15, 0.2) is 5.75 Å². The number of para-hydroxylation sites is 1. The van der Waals surface area contributed by atoms with Crippen LogP contribution in [0.1, 0.15) is 35.2 Å². The van der Waals surface area contributed by atoms with Gasteiger partial charge < -0.3 is 16.2 Å². The number of nitrogen functional groups attached to an aromatic ring is 1. The molecular formula is C17H20N2O2. The topological polar surface area (TPSA) is 75.4 Å². The van der Waals surface area contributed by atoms with Gasteiger partial charge in [0.1, 0.15) is 0 Å². The minimum atomic E-state index is -0.305. The van der Waals surface area contributed by atoms with Crippen LogP contribution in [0.5, 0.6) is 5.75 Å². The molecule has 21 heavy (non-hydrogen) atoms. The molecular weight excluding hydrogens is 264 g/mol. The van der Waals surface area contributed by atoms with Gasteiger partial charge >= 0.3 is 0 Å². The van der Waals surface area contributed by atoms with E-state index in [9.17, 15) is 9.90 Å². The summed E-state index contributed by atoms with van der Waals surface area (Å²) in [5.74, 6) is -0.105. The third kappa shape index (κ3) is 3.75. The molecule has 0 radical (unpaired) electrons. The number of phenolic OH excluding ortho intramolecular Hbond substituents is 1. The predicted molar refractivity (Wildman–Crippen MR) is 84.3 cm³/mol. The average molecular weight is 284 g/mol. The molecule has 4 N–H and O–H groups in total. The van der Waals surface area contributed by atoms with Crippen molar-refractivity contribution in [2.75, 3.05) is 12.3 Å². The molecule has 1 unspecified atom stereocenters. The fourth-order valence-electron chi connectivity index (χ4n) is 2.19. The van der Waals surface area contributed by atoms with Gasteiger partial charge in [-0.25, -0.2) is 0 Å². The van der Waals surface area contributed by atoms with E-state index in [1.807, 2.05) is 18.2 Å². The molecule has 0 fully saturated rings. The van der Waals surface area contributed by atoms with E-state index in [0.717, 1.165) is 6.42 Å². The standard InChI is InChI=1S/C17H20N2O2/c1-12(13-6-3-2-4-7-13)10-11-19-17(21)14-8-5-9-15(18)16(14)20/h2-9,12,20H,10-11,18H2,1H3,(H,19,21). The molecule has 0 aliphatic heterocycles. The number of phenols is 1. The van der Waals surface area contributed by atoms with E-state index in [-0.39, 0.29) is 22.9 Å². The molecule has 2 rings (SSSR count). The summed E-state index contributed by atoms with van der Waals surface area (Å²) in [4.78, 5) is 12.0. The van der Waals surface area contributed by atoms with Crippen molar-refractivity contribution in [1.82, 2.24) is 5.32 Å². The molecule has 0 saturated carbocycles. The summed E-state index contributed by atoms with van der Waals surface area (Å²) in [5, 5.41) is 12.6. The number of hydrogen-bond acceptors (Lipinski definition) is 3. The van der Waals surface area contributed by atoms with E-state index in [1.165, 1.54) is 5.56 Å². The predicted octanol–water partition coefficient (Wildman–Crippen LogP) is 2.90. The Morgan fingerprint density at radius 2 is 1.90 bits per heavy atom. The van der Waals surface area contributed by atoms with Crippen LogP contribution in [0.4, 0.5) is 5.69 Å². The molecule has 0 bridgehead atoms. The molecule has 1 atom stereocenters. The Balaban J connectivity index is 1.89. The normalized spacial score (nSPS) is 11.9.